The smallest absolute Gasteiger partial charge is 0.407 e. The Kier molecular flexibility index (Phi) is 7.30. The lowest BCUT2D eigenvalue weighted by Gasteiger charge is -2.19. The molecule has 0 bridgehead atoms. The Bertz CT molecular complexity index is 1060. The van der Waals surface area contributed by atoms with Gasteiger partial charge in [0.2, 0.25) is 5.91 Å². The van der Waals surface area contributed by atoms with E-state index in [9.17, 15) is 14.4 Å². The topological polar surface area (TPSA) is 105 Å². The van der Waals surface area contributed by atoms with E-state index in [-0.39, 0.29) is 43.4 Å². The zero-order chi connectivity index (χ0) is 24.1. The predicted octanol–water partition coefficient (Wildman–Crippen LogP) is 4.23. The lowest BCUT2D eigenvalue weighted by Crippen LogP contribution is -2.38. The number of carbonyl (C=O) groups is 3. The molecule has 0 heterocycles. The SMILES string of the molecule is C/C(=C\CNC(=O)OCC1c2ccccc2-c2ccccc21)C(=O)N[C@@H]1CCC[C@H]1CC(=O)O. The van der Waals surface area contributed by atoms with Gasteiger partial charge in [-0.2, -0.15) is 0 Å². The summed E-state index contributed by atoms with van der Waals surface area (Å²) in [5, 5.41) is 14.6. The minimum atomic E-state index is -0.842. The van der Waals surface area contributed by atoms with Gasteiger partial charge in [0.05, 0.1) is 6.42 Å². The zero-order valence-electron chi connectivity index (χ0n) is 19.3. The Balaban J connectivity index is 1.26. The van der Waals surface area contributed by atoms with Gasteiger partial charge in [0, 0.05) is 24.1 Å². The number of benzene rings is 2. The van der Waals surface area contributed by atoms with Crippen LogP contribution in [0.15, 0.2) is 60.2 Å². The monoisotopic (exact) mass is 462 g/mol. The summed E-state index contributed by atoms with van der Waals surface area (Å²) in [4.78, 5) is 35.8. The second-order valence-corrected chi connectivity index (χ2v) is 8.96. The minimum absolute atomic E-state index is 0.00799. The molecule has 4 rings (SSSR count). The van der Waals surface area contributed by atoms with E-state index in [1.807, 2.05) is 24.3 Å². The Morgan fingerprint density at radius 3 is 2.32 bits per heavy atom. The quantitative estimate of drug-likeness (QED) is 0.509. The van der Waals surface area contributed by atoms with Crippen molar-refractivity contribution in [1.82, 2.24) is 10.6 Å². The van der Waals surface area contributed by atoms with Crippen LogP contribution in [-0.2, 0) is 14.3 Å². The normalized spacial score (nSPS) is 19.3. The first-order valence-corrected chi connectivity index (χ1v) is 11.7. The summed E-state index contributed by atoms with van der Waals surface area (Å²) in [5.74, 6) is -1.12. The van der Waals surface area contributed by atoms with Crippen molar-refractivity contribution in [1.29, 1.82) is 0 Å². The van der Waals surface area contributed by atoms with Crippen LogP contribution in [0.5, 0.6) is 0 Å². The maximum absolute atomic E-state index is 12.5. The summed E-state index contributed by atoms with van der Waals surface area (Å²) in [5.41, 5.74) is 5.11. The van der Waals surface area contributed by atoms with Gasteiger partial charge < -0.3 is 20.5 Å². The fraction of sp³-hybridized carbons (Fsp3) is 0.370. The number of fused-ring (bicyclic) bond motifs is 3. The number of nitrogens with one attached hydrogen (secondary N) is 2. The highest BCUT2D eigenvalue weighted by atomic mass is 16.5. The Morgan fingerprint density at radius 2 is 1.68 bits per heavy atom. The average molecular weight is 463 g/mol. The fourth-order valence-corrected chi connectivity index (χ4v) is 5.01. The van der Waals surface area contributed by atoms with Crippen molar-refractivity contribution in [3.8, 4) is 11.1 Å². The second kappa shape index (κ2) is 10.5. The van der Waals surface area contributed by atoms with E-state index in [0.29, 0.717) is 5.57 Å². The maximum Gasteiger partial charge on any atom is 0.407 e. The van der Waals surface area contributed by atoms with Gasteiger partial charge in [-0.1, -0.05) is 61.0 Å². The number of ether oxygens (including phenoxy) is 1. The molecule has 2 aliphatic rings. The van der Waals surface area contributed by atoms with Gasteiger partial charge >= 0.3 is 12.1 Å². The predicted molar refractivity (Wildman–Crippen MR) is 128 cm³/mol. The zero-order valence-corrected chi connectivity index (χ0v) is 19.3. The van der Waals surface area contributed by atoms with Crippen LogP contribution in [-0.4, -0.2) is 42.3 Å². The number of rotatable bonds is 8. The van der Waals surface area contributed by atoms with Crippen LogP contribution in [0.1, 0.15) is 49.7 Å². The molecule has 0 radical (unpaired) electrons. The number of carboxylic acid groups (broad SMARTS) is 1. The van der Waals surface area contributed by atoms with Crippen LogP contribution in [0.3, 0.4) is 0 Å². The number of aliphatic carboxylic acids is 1. The number of hydrogen-bond acceptors (Lipinski definition) is 4. The van der Waals surface area contributed by atoms with Crippen molar-refractivity contribution < 1.29 is 24.2 Å². The summed E-state index contributed by atoms with van der Waals surface area (Å²) in [6.45, 7) is 2.07. The molecule has 2 atom stereocenters. The van der Waals surface area contributed by atoms with Crippen molar-refractivity contribution in [2.24, 2.45) is 5.92 Å². The van der Waals surface area contributed by atoms with E-state index >= 15 is 0 Å². The fourth-order valence-electron chi connectivity index (χ4n) is 5.01. The highest BCUT2D eigenvalue weighted by molar-refractivity contribution is 5.93. The molecule has 2 aromatic rings. The summed E-state index contributed by atoms with van der Waals surface area (Å²) in [7, 11) is 0. The molecular formula is C27H30N2O5. The molecule has 0 aliphatic heterocycles. The average Bonchev–Trinajstić information content (AvgIpc) is 3.39. The molecule has 2 aliphatic carbocycles. The first-order chi connectivity index (χ1) is 16.4. The van der Waals surface area contributed by atoms with Crippen molar-refractivity contribution >= 4 is 18.0 Å². The molecule has 0 spiro atoms. The molecule has 34 heavy (non-hydrogen) atoms. The lowest BCUT2D eigenvalue weighted by molar-refractivity contribution is -0.138. The van der Waals surface area contributed by atoms with Crippen molar-refractivity contribution in [3.05, 3.63) is 71.3 Å². The molecule has 7 heteroatoms. The van der Waals surface area contributed by atoms with E-state index < -0.39 is 12.1 Å². The molecule has 0 aromatic heterocycles. The number of alkyl carbamates (subject to hydrolysis) is 1. The molecule has 7 nitrogen and oxygen atoms in total. The molecular weight excluding hydrogens is 432 g/mol. The van der Waals surface area contributed by atoms with Crippen LogP contribution >= 0.6 is 0 Å². The highest BCUT2D eigenvalue weighted by Gasteiger charge is 2.31. The molecule has 1 saturated carbocycles. The van der Waals surface area contributed by atoms with Crippen molar-refractivity contribution in [2.75, 3.05) is 13.2 Å². The number of hydrogen-bond donors (Lipinski definition) is 3. The van der Waals surface area contributed by atoms with E-state index in [4.69, 9.17) is 9.84 Å². The summed E-state index contributed by atoms with van der Waals surface area (Å²) < 4.78 is 5.51. The van der Waals surface area contributed by atoms with Gasteiger partial charge in [-0.05, 0) is 47.9 Å². The molecule has 0 saturated heterocycles. The summed E-state index contributed by atoms with van der Waals surface area (Å²) in [6.07, 6.45) is 3.67. The lowest BCUT2D eigenvalue weighted by atomic mass is 9.98. The third-order valence-corrected chi connectivity index (χ3v) is 6.77. The number of carboxylic acids is 1. The van der Waals surface area contributed by atoms with Crippen LogP contribution in [0, 0.1) is 5.92 Å². The summed E-state index contributed by atoms with van der Waals surface area (Å²) in [6, 6.07) is 16.2. The van der Waals surface area contributed by atoms with E-state index in [0.717, 1.165) is 30.4 Å². The van der Waals surface area contributed by atoms with Gasteiger partial charge in [-0.25, -0.2) is 4.79 Å². The van der Waals surface area contributed by atoms with Crippen LogP contribution < -0.4 is 10.6 Å². The Morgan fingerprint density at radius 1 is 1.03 bits per heavy atom. The number of amides is 2. The standard InChI is InChI=1S/C27H30N2O5/c1-17(26(32)29-24-12-6-7-18(24)15-25(30)31)13-14-28-27(33)34-16-23-21-10-4-2-8-19(21)20-9-3-5-11-22(20)23/h2-5,8-11,13,18,23-24H,6-7,12,14-16H2,1H3,(H,28,33)(H,29,32)(H,30,31)/b17-13+/t18-,24+/m0/s1. The first kappa shape index (κ1) is 23.5. The molecule has 3 N–H and O–H groups in total. The third-order valence-electron chi connectivity index (χ3n) is 6.77. The minimum Gasteiger partial charge on any atom is -0.481 e. The van der Waals surface area contributed by atoms with Gasteiger partial charge in [-0.15, -0.1) is 0 Å². The second-order valence-electron chi connectivity index (χ2n) is 8.96. The van der Waals surface area contributed by atoms with Gasteiger partial charge in [0.25, 0.3) is 0 Å². The molecule has 1 fully saturated rings. The third kappa shape index (κ3) is 5.30. The van der Waals surface area contributed by atoms with Gasteiger partial charge in [-0.3, -0.25) is 9.59 Å². The Labute approximate surface area is 199 Å². The van der Waals surface area contributed by atoms with E-state index in [2.05, 4.69) is 34.9 Å². The highest BCUT2D eigenvalue weighted by Crippen LogP contribution is 2.44. The van der Waals surface area contributed by atoms with Gasteiger partial charge in [0.15, 0.2) is 0 Å². The molecule has 2 amide bonds. The molecule has 178 valence electrons. The van der Waals surface area contributed by atoms with Gasteiger partial charge in [0.1, 0.15) is 6.61 Å². The van der Waals surface area contributed by atoms with Crippen molar-refractivity contribution in [3.63, 3.8) is 0 Å². The van der Waals surface area contributed by atoms with Crippen LogP contribution in [0.2, 0.25) is 0 Å². The van der Waals surface area contributed by atoms with Crippen LogP contribution in [0.25, 0.3) is 11.1 Å². The Hall–Kier alpha value is -3.61. The molecule has 2 aromatic carbocycles. The van der Waals surface area contributed by atoms with E-state index in [1.54, 1.807) is 13.0 Å². The number of carbonyl (C=O) groups excluding carboxylic acids is 2. The largest absolute Gasteiger partial charge is 0.481 e. The van der Waals surface area contributed by atoms with Crippen molar-refractivity contribution in [2.45, 2.75) is 44.6 Å². The first-order valence-electron chi connectivity index (χ1n) is 11.7. The maximum atomic E-state index is 12.5. The summed E-state index contributed by atoms with van der Waals surface area (Å²) >= 11 is 0. The van der Waals surface area contributed by atoms with Crippen LogP contribution in [0.4, 0.5) is 4.79 Å². The molecule has 0 unspecified atom stereocenters. The van der Waals surface area contributed by atoms with E-state index in [1.165, 1.54) is 11.1 Å².